The summed E-state index contributed by atoms with van der Waals surface area (Å²) in [6.45, 7) is 6.59. The Morgan fingerprint density at radius 2 is 1.95 bits per heavy atom. The molecule has 21 heavy (non-hydrogen) atoms. The van der Waals surface area contributed by atoms with E-state index in [0.29, 0.717) is 19.4 Å². The number of amides is 1. The Morgan fingerprint density at radius 1 is 1.38 bits per heavy atom. The second-order valence-electron chi connectivity index (χ2n) is 6.08. The van der Waals surface area contributed by atoms with E-state index in [1.807, 2.05) is 20.8 Å². The fraction of sp³-hybridized carbons (Fsp3) is 0.867. The molecule has 0 aromatic carbocycles. The van der Waals surface area contributed by atoms with Crippen molar-refractivity contribution in [3.05, 3.63) is 0 Å². The average molecular weight is 299 g/mol. The summed E-state index contributed by atoms with van der Waals surface area (Å²) in [7, 11) is 0. The predicted molar refractivity (Wildman–Crippen MR) is 82.0 cm³/mol. The van der Waals surface area contributed by atoms with Gasteiger partial charge in [-0.3, -0.25) is 4.79 Å². The number of hydrogen-bond donors (Lipinski definition) is 3. The van der Waals surface area contributed by atoms with Crippen molar-refractivity contribution < 1.29 is 15.1 Å². The molecule has 1 aliphatic heterocycles. The molecular formula is C15H29N3O3. The summed E-state index contributed by atoms with van der Waals surface area (Å²) >= 11 is 0. The molecule has 0 aromatic heterocycles. The number of likely N-dealkylation sites (tertiary alicyclic amines) is 1. The predicted octanol–water partition coefficient (Wildman–Crippen LogP) is 1.55. The lowest BCUT2D eigenvalue weighted by Crippen LogP contribution is -2.54. The van der Waals surface area contributed by atoms with Crippen LogP contribution >= 0.6 is 0 Å². The molecule has 1 heterocycles. The van der Waals surface area contributed by atoms with Gasteiger partial charge in [0.25, 0.3) is 0 Å². The number of aliphatic hydroxyl groups is 1. The molecule has 1 rings (SSSR count). The van der Waals surface area contributed by atoms with Crippen LogP contribution in [0.2, 0.25) is 0 Å². The van der Waals surface area contributed by atoms with Crippen LogP contribution in [0.3, 0.4) is 0 Å². The number of carbonyl (C=O) groups is 1. The van der Waals surface area contributed by atoms with Crippen molar-refractivity contribution >= 4 is 11.7 Å². The smallest absolute Gasteiger partial charge is 0.236 e. The van der Waals surface area contributed by atoms with Crippen molar-refractivity contribution in [1.82, 2.24) is 4.90 Å². The third-order valence-corrected chi connectivity index (χ3v) is 4.69. The highest BCUT2D eigenvalue weighted by atomic mass is 16.4. The zero-order chi connectivity index (χ0) is 16.0. The van der Waals surface area contributed by atoms with E-state index in [9.17, 15) is 9.90 Å². The number of oxime groups is 1. The Kier molecular flexibility index (Phi) is 6.45. The van der Waals surface area contributed by atoms with E-state index < -0.39 is 5.41 Å². The number of nitrogens with two attached hydrogens (primary N) is 1. The van der Waals surface area contributed by atoms with Crippen LogP contribution in [-0.2, 0) is 4.79 Å². The first-order valence-corrected chi connectivity index (χ1v) is 7.88. The van der Waals surface area contributed by atoms with E-state index in [-0.39, 0.29) is 30.3 Å². The number of aliphatic hydroxyl groups excluding tert-OH is 1. The molecule has 6 nitrogen and oxygen atoms in total. The molecule has 2 atom stereocenters. The summed E-state index contributed by atoms with van der Waals surface area (Å²) in [5.74, 6) is 0.157. The molecule has 1 amide bonds. The van der Waals surface area contributed by atoms with E-state index in [1.165, 1.54) is 0 Å². The van der Waals surface area contributed by atoms with Crippen molar-refractivity contribution in [2.24, 2.45) is 22.2 Å². The van der Waals surface area contributed by atoms with Crippen molar-refractivity contribution in [2.75, 3.05) is 13.2 Å². The minimum atomic E-state index is -0.949. The summed E-state index contributed by atoms with van der Waals surface area (Å²) in [5, 5.41) is 21.9. The minimum absolute atomic E-state index is 0.00700. The lowest BCUT2D eigenvalue weighted by Gasteiger charge is -2.37. The molecule has 6 heteroatoms. The highest BCUT2D eigenvalue weighted by molar-refractivity contribution is 6.06. The lowest BCUT2D eigenvalue weighted by molar-refractivity contribution is -0.141. The lowest BCUT2D eigenvalue weighted by atomic mass is 9.76. The standard InChI is InChI=1S/C15H29N3O3/c1-4-7-15(8-5-2,13(16)17-21)14(20)18-9-6-11(3)12(18)10-19/h11-12,19,21H,4-10H2,1-3H3,(H2,16,17). The molecular weight excluding hydrogens is 270 g/mol. The highest BCUT2D eigenvalue weighted by Crippen LogP contribution is 2.36. The van der Waals surface area contributed by atoms with Crippen LogP contribution in [-0.4, -0.2) is 46.1 Å². The van der Waals surface area contributed by atoms with Gasteiger partial charge in [-0.25, -0.2) is 0 Å². The van der Waals surface area contributed by atoms with E-state index >= 15 is 0 Å². The molecule has 4 N–H and O–H groups in total. The van der Waals surface area contributed by atoms with Crippen LogP contribution in [0.25, 0.3) is 0 Å². The number of hydrogen-bond acceptors (Lipinski definition) is 4. The van der Waals surface area contributed by atoms with Crippen LogP contribution in [0, 0.1) is 11.3 Å². The maximum absolute atomic E-state index is 13.1. The number of amidine groups is 1. The van der Waals surface area contributed by atoms with Gasteiger partial charge in [0.15, 0.2) is 5.84 Å². The van der Waals surface area contributed by atoms with Gasteiger partial charge in [0.05, 0.1) is 12.6 Å². The van der Waals surface area contributed by atoms with Gasteiger partial charge in [0.1, 0.15) is 5.41 Å². The SMILES string of the molecule is CCCC(CCC)(C(=O)N1CCC(C)C1CO)C(N)=NO. The highest BCUT2D eigenvalue weighted by Gasteiger charge is 2.47. The molecule has 0 saturated carbocycles. The quantitative estimate of drug-likeness (QED) is 0.287. The van der Waals surface area contributed by atoms with Gasteiger partial charge in [-0.2, -0.15) is 0 Å². The minimum Gasteiger partial charge on any atom is -0.409 e. The summed E-state index contributed by atoms with van der Waals surface area (Å²) in [6.07, 6.45) is 3.53. The monoisotopic (exact) mass is 299 g/mol. The Labute approximate surface area is 127 Å². The maximum Gasteiger partial charge on any atom is 0.236 e. The van der Waals surface area contributed by atoms with E-state index in [2.05, 4.69) is 5.16 Å². The molecule has 122 valence electrons. The first-order valence-electron chi connectivity index (χ1n) is 7.88. The molecule has 2 unspecified atom stereocenters. The third kappa shape index (κ3) is 3.31. The number of nitrogens with zero attached hydrogens (tertiary/aromatic N) is 2. The molecule has 1 fully saturated rings. The number of rotatable bonds is 7. The van der Waals surface area contributed by atoms with Crippen LogP contribution < -0.4 is 5.73 Å². The van der Waals surface area contributed by atoms with Crippen molar-refractivity contribution in [3.63, 3.8) is 0 Å². The van der Waals surface area contributed by atoms with E-state index in [0.717, 1.165) is 19.3 Å². The first-order chi connectivity index (χ1) is 9.98. The van der Waals surface area contributed by atoms with Crippen LogP contribution in [0.15, 0.2) is 5.16 Å². The first kappa shape index (κ1) is 17.8. The van der Waals surface area contributed by atoms with Gasteiger partial charge in [0, 0.05) is 6.54 Å². The van der Waals surface area contributed by atoms with E-state index in [1.54, 1.807) is 4.90 Å². The van der Waals surface area contributed by atoms with E-state index in [4.69, 9.17) is 10.9 Å². The van der Waals surface area contributed by atoms with Gasteiger partial charge in [0.2, 0.25) is 5.91 Å². The summed E-state index contributed by atoms with van der Waals surface area (Å²) < 4.78 is 0. The zero-order valence-corrected chi connectivity index (χ0v) is 13.4. The largest absolute Gasteiger partial charge is 0.409 e. The molecule has 0 bridgehead atoms. The molecule has 0 spiro atoms. The second-order valence-corrected chi connectivity index (χ2v) is 6.08. The Hall–Kier alpha value is -1.30. The molecule has 0 aliphatic carbocycles. The van der Waals surface area contributed by atoms with Gasteiger partial charge in [-0.05, 0) is 25.2 Å². The molecule has 0 aromatic rings. The van der Waals surface area contributed by atoms with Gasteiger partial charge in [-0.1, -0.05) is 38.8 Å². The van der Waals surface area contributed by atoms with Gasteiger partial charge >= 0.3 is 0 Å². The van der Waals surface area contributed by atoms with Gasteiger partial charge in [-0.15, -0.1) is 0 Å². The Balaban J connectivity index is 3.15. The molecule has 0 radical (unpaired) electrons. The van der Waals surface area contributed by atoms with Crippen LogP contribution in [0.4, 0.5) is 0 Å². The summed E-state index contributed by atoms with van der Waals surface area (Å²) in [4.78, 5) is 14.8. The Morgan fingerprint density at radius 3 is 2.38 bits per heavy atom. The molecule has 1 aliphatic rings. The second kappa shape index (κ2) is 7.64. The Bertz CT molecular complexity index is 378. The third-order valence-electron chi connectivity index (χ3n) is 4.69. The summed E-state index contributed by atoms with van der Waals surface area (Å²) in [5.41, 5.74) is 4.96. The fourth-order valence-electron chi connectivity index (χ4n) is 3.47. The van der Waals surface area contributed by atoms with Crippen molar-refractivity contribution in [2.45, 2.75) is 58.9 Å². The van der Waals surface area contributed by atoms with Crippen LogP contribution in [0.1, 0.15) is 52.9 Å². The zero-order valence-electron chi connectivity index (χ0n) is 13.4. The van der Waals surface area contributed by atoms with Crippen LogP contribution in [0.5, 0.6) is 0 Å². The molecule has 1 saturated heterocycles. The average Bonchev–Trinajstić information content (AvgIpc) is 2.85. The number of carbonyl (C=O) groups excluding carboxylic acids is 1. The van der Waals surface area contributed by atoms with Crippen molar-refractivity contribution in [1.29, 1.82) is 0 Å². The fourth-order valence-corrected chi connectivity index (χ4v) is 3.47. The van der Waals surface area contributed by atoms with Crippen molar-refractivity contribution in [3.8, 4) is 0 Å². The normalized spacial score (nSPS) is 23.6. The van der Waals surface area contributed by atoms with Gasteiger partial charge < -0.3 is 20.9 Å². The maximum atomic E-state index is 13.1. The summed E-state index contributed by atoms with van der Waals surface area (Å²) in [6, 6.07) is -0.169. The topological polar surface area (TPSA) is 99.2 Å².